The van der Waals surface area contributed by atoms with E-state index in [0.29, 0.717) is 17.7 Å². The molecule has 4 atom stereocenters. The van der Waals surface area contributed by atoms with E-state index >= 15 is 0 Å². The lowest BCUT2D eigenvalue weighted by Crippen LogP contribution is -2.21. The van der Waals surface area contributed by atoms with Crippen molar-refractivity contribution in [3.05, 3.63) is 57.0 Å². The third-order valence-corrected chi connectivity index (χ3v) is 8.03. The fourth-order valence-corrected chi connectivity index (χ4v) is 6.20. The molecule has 0 spiro atoms. The molecule has 1 aliphatic carbocycles. The van der Waals surface area contributed by atoms with Crippen LogP contribution >= 0.6 is 22.9 Å². The second kappa shape index (κ2) is 10.7. The van der Waals surface area contributed by atoms with Crippen LogP contribution in [0, 0.1) is 17.7 Å². The first kappa shape index (κ1) is 23.2. The van der Waals surface area contributed by atoms with E-state index in [1.807, 2.05) is 0 Å². The molecule has 2 N–H and O–H groups in total. The Hall–Kier alpha value is -1.43. The summed E-state index contributed by atoms with van der Waals surface area (Å²) in [4.78, 5) is 11.5. The van der Waals surface area contributed by atoms with Gasteiger partial charge in [-0.1, -0.05) is 31.2 Å². The minimum absolute atomic E-state index is 0.0410. The third-order valence-electron chi connectivity index (χ3n) is 6.37. The van der Waals surface area contributed by atoms with Crippen molar-refractivity contribution in [3.8, 4) is 0 Å². The van der Waals surface area contributed by atoms with Crippen molar-refractivity contribution < 1.29 is 19.4 Å². The zero-order chi connectivity index (χ0) is 21.7. The van der Waals surface area contributed by atoms with Gasteiger partial charge in [-0.05, 0) is 80.4 Å². The molecule has 1 aromatic heterocycles. The maximum absolute atomic E-state index is 14.0. The fraction of sp³-hybridized carbons (Fsp3) is 0.542. The third kappa shape index (κ3) is 5.63. The molecule has 0 saturated heterocycles. The summed E-state index contributed by atoms with van der Waals surface area (Å²) in [6.45, 7) is 2.17. The number of aliphatic hydroxyl groups excluding tert-OH is 1. The number of rotatable bonds is 10. The molecule has 6 heteroatoms. The van der Waals surface area contributed by atoms with Crippen molar-refractivity contribution in [1.82, 2.24) is 0 Å². The van der Waals surface area contributed by atoms with E-state index in [1.54, 1.807) is 0 Å². The Balaban J connectivity index is 1.53. The van der Waals surface area contributed by atoms with Crippen LogP contribution in [0.2, 0.25) is 0 Å². The predicted octanol–water partition coefficient (Wildman–Crippen LogP) is 6.10. The lowest BCUT2D eigenvalue weighted by molar-refractivity contribution is 0.0701. The van der Waals surface area contributed by atoms with E-state index in [9.17, 15) is 14.3 Å². The van der Waals surface area contributed by atoms with Crippen molar-refractivity contribution in [2.45, 2.75) is 69.8 Å². The van der Waals surface area contributed by atoms with Gasteiger partial charge < -0.3 is 10.2 Å². The van der Waals surface area contributed by atoms with E-state index < -0.39 is 11.8 Å². The van der Waals surface area contributed by atoms with E-state index in [1.165, 1.54) is 11.1 Å². The molecular weight excluding hydrogens is 423 g/mol. The monoisotopic (exact) mass is 452 g/mol. The average molecular weight is 453 g/mol. The van der Waals surface area contributed by atoms with Crippen molar-refractivity contribution in [2.75, 3.05) is 0 Å². The van der Waals surface area contributed by atoms with Gasteiger partial charge in [-0.2, -0.15) is 0 Å². The SMILES string of the molecule is CCc1ccccc1CCC[C@@H]1[C@@H](CCCc2sc(C(=O)O)cc2F)[C@H](Cl)C[C@H]1O. The topological polar surface area (TPSA) is 57.5 Å². The summed E-state index contributed by atoms with van der Waals surface area (Å²) in [5, 5.41) is 19.5. The van der Waals surface area contributed by atoms with Crippen LogP contribution < -0.4 is 0 Å². The second-order valence-corrected chi connectivity index (χ2v) is 9.94. The molecule has 1 aromatic carbocycles. The standard InChI is InChI=1S/C24H30ClFO3S/c1-2-15-7-3-4-8-16(15)9-5-11-18-17(19(25)13-21(18)27)10-6-12-22-20(26)14-23(30-22)24(28)29/h3-4,7-8,14,17-19,21,27H,2,5-6,9-13H2,1H3,(H,28,29)/t17-,18-,19-,21-/m1/s1. The molecule has 1 heterocycles. The lowest BCUT2D eigenvalue weighted by atomic mass is 9.85. The molecule has 30 heavy (non-hydrogen) atoms. The second-order valence-electron chi connectivity index (χ2n) is 8.24. The van der Waals surface area contributed by atoms with Crippen LogP contribution in [-0.2, 0) is 19.3 Å². The number of carboxylic acids is 1. The van der Waals surface area contributed by atoms with Crippen molar-refractivity contribution in [2.24, 2.45) is 11.8 Å². The Labute approximate surface area is 186 Å². The van der Waals surface area contributed by atoms with Gasteiger partial charge in [0, 0.05) is 10.3 Å². The van der Waals surface area contributed by atoms with Crippen LogP contribution in [0.25, 0.3) is 0 Å². The highest BCUT2D eigenvalue weighted by Crippen LogP contribution is 2.42. The predicted molar refractivity (Wildman–Crippen MR) is 120 cm³/mol. The number of hydrogen-bond donors (Lipinski definition) is 2. The number of carbonyl (C=O) groups is 1. The summed E-state index contributed by atoms with van der Waals surface area (Å²) in [5.74, 6) is -1.14. The number of hydrogen-bond acceptors (Lipinski definition) is 3. The van der Waals surface area contributed by atoms with Gasteiger partial charge in [0.25, 0.3) is 0 Å². The minimum atomic E-state index is -1.09. The molecule has 0 radical (unpaired) electrons. The van der Waals surface area contributed by atoms with Crippen molar-refractivity contribution in [1.29, 1.82) is 0 Å². The molecule has 0 amide bonds. The molecule has 0 bridgehead atoms. The maximum atomic E-state index is 14.0. The highest BCUT2D eigenvalue weighted by molar-refractivity contribution is 7.13. The molecule has 1 fully saturated rings. The molecule has 3 nitrogen and oxygen atoms in total. The summed E-state index contributed by atoms with van der Waals surface area (Å²) in [5.41, 5.74) is 2.77. The quantitative estimate of drug-likeness (QED) is 0.428. The van der Waals surface area contributed by atoms with Crippen LogP contribution in [0.3, 0.4) is 0 Å². The average Bonchev–Trinajstić information content (AvgIpc) is 3.22. The van der Waals surface area contributed by atoms with Gasteiger partial charge in [0.05, 0.1) is 6.10 Å². The van der Waals surface area contributed by atoms with E-state index in [4.69, 9.17) is 16.7 Å². The summed E-state index contributed by atoms with van der Waals surface area (Å²) >= 11 is 7.57. The molecular formula is C24H30ClFO3S. The highest BCUT2D eigenvalue weighted by atomic mass is 35.5. The van der Waals surface area contributed by atoms with Crippen LogP contribution in [0.1, 0.15) is 64.7 Å². The van der Waals surface area contributed by atoms with Crippen LogP contribution in [0.4, 0.5) is 4.39 Å². The molecule has 164 valence electrons. The number of benzene rings is 1. The Morgan fingerprint density at radius 1 is 1.17 bits per heavy atom. The summed E-state index contributed by atoms with van der Waals surface area (Å²) < 4.78 is 14.0. The van der Waals surface area contributed by atoms with Crippen molar-refractivity contribution >= 4 is 28.9 Å². The number of thiophene rings is 1. The zero-order valence-corrected chi connectivity index (χ0v) is 18.9. The first-order valence-corrected chi connectivity index (χ1v) is 12.1. The van der Waals surface area contributed by atoms with Crippen LogP contribution in [0.15, 0.2) is 30.3 Å². The van der Waals surface area contributed by atoms with Gasteiger partial charge in [-0.3, -0.25) is 0 Å². The number of aromatic carboxylic acids is 1. The largest absolute Gasteiger partial charge is 0.477 e. The maximum Gasteiger partial charge on any atom is 0.345 e. The van der Waals surface area contributed by atoms with E-state index in [-0.39, 0.29) is 28.2 Å². The normalized spacial score (nSPS) is 23.7. The van der Waals surface area contributed by atoms with E-state index in [2.05, 4.69) is 31.2 Å². The number of halogens is 2. The minimum Gasteiger partial charge on any atom is -0.477 e. The number of aryl methyl sites for hydroxylation is 3. The molecule has 2 aromatic rings. The molecule has 0 unspecified atom stereocenters. The first-order valence-electron chi connectivity index (χ1n) is 10.8. The van der Waals surface area contributed by atoms with Gasteiger partial charge >= 0.3 is 5.97 Å². The number of carboxylic acid groups (broad SMARTS) is 1. The van der Waals surface area contributed by atoms with E-state index in [0.717, 1.165) is 55.9 Å². The molecule has 1 saturated carbocycles. The van der Waals surface area contributed by atoms with Crippen LogP contribution in [-0.4, -0.2) is 27.7 Å². The smallest absolute Gasteiger partial charge is 0.345 e. The molecule has 1 aliphatic rings. The Morgan fingerprint density at radius 3 is 2.50 bits per heavy atom. The summed E-state index contributed by atoms with van der Waals surface area (Å²) in [6.07, 6.45) is 6.28. The highest BCUT2D eigenvalue weighted by Gasteiger charge is 2.40. The van der Waals surface area contributed by atoms with Crippen molar-refractivity contribution in [3.63, 3.8) is 0 Å². The Kier molecular flexibility index (Phi) is 8.32. The van der Waals surface area contributed by atoms with Gasteiger partial charge in [-0.15, -0.1) is 22.9 Å². The fourth-order valence-electron chi connectivity index (χ4n) is 4.79. The summed E-state index contributed by atoms with van der Waals surface area (Å²) in [7, 11) is 0. The van der Waals surface area contributed by atoms with Gasteiger partial charge in [-0.25, -0.2) is 9.18 Å². The van der Waals surface area contributed by atoms with Gasteiger partial charge in [0.15, 0.2) is 0 Å². The van der Waals surface area contributed by atoms with Gasteiger partial charge in [0.2, 0.25) is 0 Å². The van der Waals surface area contributed by atoms with Crippen LogP contribution in [0.5, 0.6) is 0 Å². The zero-order valence-electron chi connectivity index (χ0n) is 17.3. The summed E-state index contributed by atoms with van der Waals surface area (Å²) in [6, 6.07) is 9.62. The number of aliphatic hydroxyl groups is 1. The lowest BCUT2D eigenvalue weighted by Gasteiger charge is -2.23. The molecule has 3 rings (SSSR count). The Bertz CT molecular complexity index is 853. The molecule has 0 aliphatic heterocycles. The Morgan fingerprint density at radius 2 is 1.83 bits per heavy atom. The van der Waals surface area contributed by atoms with Gasteiger partial charge in [0.1, 0.15) is 10.7 Å². The first-order chi connectivity index (χ1) is 14.4. The number of alkyl halides is 1.